The highest BCUT2D eigenvalue weighted by Gasteiger charge is 2.45. The van der Waals surface area contributed by atoms with Crippen molar-refractivity contribution in [2.75, 3.05) is 6.61 Å². The predicted molar refractivity (Wildman–Crippen MR) is 64.1 cm³/mol. The topological polar surface area (TPSA) is 82.1 Å². The second kappa shape index (κ2) is 4.59. The van der Waals surface area contributed by atoms with Gasteiger partial charge in [0.05, 0.1) is 12.2 Å². The van der Waals surface area contributed by atoms with E-state index < -0.39 is 18.0 Å². The highest BCUT2D eigenvalue weighted by molar-refractivity contribution is 6.01. The van der Waals surface area contributed by atoms with E-state index in [4.69, 9.17) is 9.47 Å². The zero-order valence-corrected chi connectivity index (χ0v) is 11.1. The number of hydrogen-bond donors (Lipinski definition) is 0. The van der Waals surface area contributed by atoms with E-state index in [2.05, 4.69) is 4.84 Å². The normalized spacial score (nSPS) is 32.4. The minimum atomic E-state index is -1.03. The summed E-state index contributed by atoms with van der Waals surface area (Å²) in [6.07, 6.45) is 1.88. The number of nitrogens with zero attached hydrogens (tertiary/aromatic N) is 1. The molecule has 1 saturated carbocycles. The van der Waals surface area contributed by atoms with Gasteiger partial charge < -0.3 is 9.47 Å². The molecule has 0 aromatic heterocycles. The highest BCUT2D eigenvalue weighted by atomic mass is 16.8. The van der Waals surface area contributed by atoms with Crippen molar-refractivity contribution in [1.82, 2.24) is 5.06 Å². The van der Waals surface area contributed by atoms with E-state index in [1.807, 2.05) is 13.0 Å². The van der Waals surface area contributed by atoms with Crippen LogP contribution in [-0.4, -0.2) is 41.3 Å². The first-order chi connectivity index (χ1) is 9.48. The predicted octanol–water partition coefficient (Wildman–Crippen LogP) is 1.08. The summed E-state index contributed by atoms with van der Waals surface area (Å²) in [5.74, 6) is -1.04. The van der Waals surface area contributed by atoms with Crippen molar-refractivity contribution >= 4 is 18.0 Å². The molecule has 1 saturated heterocycles. The third-order valence-electron chi connectivity index (χ3n) is 3.91. The number of hydrogen-bond acceptors (Lipinski definition) is 6. The number of rotatable bonds is 2. The number of hydroxylamine groups is 2. The standard InChI is InChI=1S/C13H15NO6/c1-13-7-9(6-8(13)4-5-18-13)19-12(17)20-14-10(15)2-3-11(14)16/h4,9H,2-3,5-7H2,1H3. The Labute approximate surface area is 115 Å². The Morgan fingerprint density at radius 3 is 2.75 bits per heavy atom. The zero-order valence-electron chi connectivity index (χ0n) is 11.1. The SMILES string of the molecule is CC12CC(OC(=O)ON3C(=O)CCC3=O)CC1=CCO2. The molecule has 0 bridgehead atoms. The monoisotopic (exact) mass is 281 g/mol. The molecular formula is C13H15NO6. The van der Waals surface area contributed by atoms with E-state index in [0.717, 1.165) is 5.57 Å². The minimum Gasteiger partial charge on any atom is -0.429 e. The molecule has 1 aliphatic carbocycles. The Kier molecular flexibility index (Phi) is 3.01. The van der Waals surface area contributed by atoms with Crippen molar-refractivity contribution < 1.29 is 28.7 Å². The summed E-state index contributed by atoms with van der Waals surface area (Å²) in [6.45, 7) is 2.54. The molecule has 0 radical (unpaired) electrons. The zero-order chi connectivity index (χ0) is 14.3. The molecular weight excluding hydrogens is 266 g/mol. The number of amides is 2. The van der Waals surface area contributed by atoms with Crippen molar-refractivity contribution in [2.24, 2.45) is 0 Å². The first-order valence-electron chi connectivity index (χ1n) is 6.56. The Morgan fingerprint density at radius 1 is 1.40 bits per heavy atom. The van der Waals surface area contributed by atoms with Crippen LogP contribution in [0.25, 0.3) is 0 Å². The number of ether oxygens (including phenoxy) is 2. The van der Waals surface area contributed by atoms with Gasteiger partial charge in [0.2, 0.25) is 0 Å². The van der Waals surface area contributed by atoms with Gasteiger partial charge in [0, 0.05) is 25.7 Å². The van der Waals surface area contributed by atoms with Crippen molar-refractivity contribution in [3.63, 3.8) is 0 Å². The van der Waals surface area contributed by atoms with Crippen LogP contribution in [0, 0.1) is 0 Å². The van der Waals surface area contributed by atoms with E-state index in [-0.39, 0.29) is 24.5 Å². The molecule has 0 N–H and O–H groups in total. The molecule has 108 valence electrons. The lowest BCUT2D eigenvalue weighted by atomic mass is 10.0. The second-order valence-corrected chi connectivity index (χ2v) is 5.34. The van der Waals surface area contributed by atoms with E-state index in [9.17, 15) is 14.4 Å². The van der Waals surface area contributed by atoms with Gasteiger partial charge in [-0.25, -0.2) is 4.79 Å². The summed E-state index contributed by atoms with van der Waals surface area (Å²) in [4.78, 5) is 38.9. The molecule has 0 aromatic rings. The maximum absolute atomic E-state index is 11.6. The second-order valence-electron chi connectivity index (χ2n) is 5.34. The lowest BCUT2D eigenvalue weighted by Crippen LogP contribution is -2.33. The fraction of sp³-hybridized carbons (Fsp3) is 0.615. The summed E-state index contributed by atoms with van der Waals surface area (Å²) in [5.41, 5.74) is 0.744. The molecule has 2 fully saturated rings. The van der Waals surface area contributed by atoms with Crippen LogP contribution < -0.4 is 0 Å². The van der Waals surface area contributed by atoms with Gasteiger partial charge >= 0.3 is 6.16 Å². The maximum atomic E-state index is 11.6. The van der Waals surface area contributed by atoms with Gasteiger partial charge in [0.15, 0.2) is 0 Å². The molecule has 7 nitrogen and oxygen atoms in total. The Morgan fingerprint density at radius 2 is 2.10 bits per heavy atom. The van der Waals surface area contributed by atoms with Crippen molar-refractivity contribution in [2.45, 2.75) is 44.3 Å². The Balaban J connectivity index is 1.55. The maximum Gasteiger partial charge on any atom is 0.534 e. The van der Waals surface area contributed by atoms with Gasteiger partial charge in [-0.1, -0.05) is 11.1 Å². The first-order valence-corrected chi connectivity index (χ1v) is 6.56. The highest BCUT2D eigenvalue weighted by Crippen LogP contribution is 2.42. The molecule has 2 heterocycles. The molecule has 2 unspecified atom stereocenters. The van der Waals surface area contributed by atoms with Gasteiger partial charge in [-0.3, -0.25) is 14.4 Å². The molecule has 0 aromatic carbocycles. The van der Waals surface area contributed by atoms with Crippen molar-refractivity contribution in [3.8, 4) is 0 Å². The molecule has 2 atom stereocenters. The van der Waals surface area contributed by atoms with Crippen LogP contribution >= 0.6 is 0 Å². The third kappa shape index (κ3) is 2.18. The summed E-state index contributed by atoms with van der Waals surface area (Å²) in [7, 11) is 0. The molecule has 2 aliphatic heterocycles. The molecule has 0 spiro atoms. The van der Waals surface area contributed by atoms with Crippen LogP contribution in [0.4, 0.5) is 4.79 Å². The molecule has 3 rings (SSSR count). The van der Waals surface area contributed by atoms with E-state index in [0.29, 0.717) is 24.5 Å². The lowest BCUT2D eigenvalue weighted by Gasteiger charge is -2.21. The summed E-state index contributed by atoms with van der Waals surface area (Å²) in [5, 5.41) is 0.482. The first kappa shape index (κ1) is 13.1. The Hall–Kier alpha value is -1.89. The summed E-state index contributed by atoms with van der Waals surface area (Å²) in [6, 6.07) is 0. The van der Waals surface area contributed by atoms with Gasteiger partial charge in [-0.15, -0.1) is 0 Å². The van der Waals surface area contributed by atoms with Crippen LogP contribution in [-0.2, 0) is 23.9 Å². The minimum absolute atomic E-state index is 0.0638. The summed E-state index contributed by atoms with van der Waals surface area (Å²) >= 11 is 0. The smallest absolute Gasteiger partial charge is 0.429 e. The largest absolute Gasteiger partial charge is 0.534 e. The average Bonchev–Trinajstić information content (AvgIpc) is 2.95. The molecule has 3 aliphatic rings. The van der Waals surface area contributed by atoms with Crippen molar-refractivity contribution in [3.05, 3.63) is 11.6 Å². The van der Waals surface area contributed by atoms with Gasteiger partial charge in [0.1, 0.15) is 6.10 Å². The fourth-order valence-electron chi connectivity index (χ4n) is 2.85. The number of carbonyl (C=O) groups is 3. The summed E-state index contributed by atoms with van der Waals surface area (Å²) < 4.78 is 10.7. The molecule has 7 heteroatoms. The fourth-order valence-corrected chi connectivity index (χ4v) is 2.85. The van der Waals surface area contributed by atoms with Crippen molar-refractivity contribution in [1.29, 1.82) is 0 Å². The number of carbonyl (C=O) groups excluding carboxylic acids is 3. The van der Waals surface area contributed by atoms with Crippen LogP contribution in [0.1, 0.15) is 32.6 Å². The van der Waals surface area contributed by atoms with Crippen LogP contribution in [0.5, 0.6) is 0 Å². The van der Waals surface area contributed by atoms with E-state index in [1.165, 1.54) is 0 Å². The molecule has 2 amide bonds. The van der Waals surface area contributed by atoms with E-state index in [1.54, 1.807) is 0 Å². The van der Waals surface area contributed by atoms with Crippen LogP contribution in [0.2, 0.25) is 0 Å². The average molecular weight is 281 g/mol. The van der Waals surface area contributed by atoms with Gasteiger partial charge in [-0.05, 0) is 12.5 Å². The van der Waals surface area contributed by atoms with E-state index >= 15 is 0 Å². The molecule has 20 heavy (non-hydrogen) atoms. The quantitative estimate of drug-likeness (QED) is 0.428. The number of fused-ring (bicyclic) bond motifs is 1. The van der Waals surface area contributed by atoms with Gasteiger partial charge in [0.25, 0.3) is 11.8 Å². The number of imide groups is 1. The van der Waals surface area contributed by atoms with Crippen LogP contribution in [0.15, 0.2) is 11.6 Å². The Bertz CT molecular complexity index is 497. The third-order valence-corrected chi connectivity index (χ3v) is 3.91. The van der Waals surface area contributed by atoms with Gasteiger partial charge in [-0.2, -0.15) is 0 Å². The van der Waals surface area contributed by atoms with Crippen LogP contribution in [0.3, 0.4) is 0 Å². The lowest BCUT2D eigenvalue weighted by molar-refractivity contribution is -0.178.